The fourth-order valence-corrected chi connectivity index (χ4v) is 4.64. The Labute approximate surface area is 197 Å². The largest absolute Gasteiger partial charge is 0.338 e. The van der Waals surface area contributed by atoms with Crippen molar-refractivity contribution in [1.29, 1.82) is 0 Å². The summed E-state index contributed by atoms with van der Waals surface area (Å²) in [6.07, 6.45) is 1.86. The zero-order valence-electron chi connectivity index (χ0n) is 18.8. The predicted octanol–water partition coefficient (Wildman–Crippen LogP) is 5.78. The van der Waals surface area contributed by atoms with Gasteiger partial charge in [-0.05, 0) is 55.5 Å². The van der Waals surface area contributed by atoms with Crippen molar-refractivity contribution in [3.05, 3.63) is 64.0 Å². The fraction of sp³-hybridized carbons (Fsp3) is 0.400. The van der Waals surface area contributed by atoms with Crippen molar-refractivity contribution in [3.8, 4) is 11.4 Å². The molecule has 7 heteroatoms. The highest BCUT2D eigenvalue weighted by molar-refractivity contribution is 9.10. The first-order chi connectivity index (χ1) is 15.4. The van der Waals surface area contributed by atoms with E-state index in [9.17, 15) is 4.79 Å². The third-order valence-corrected chi connectivity index (χ3v) is 6.45. The Hall–Kier alpha value is -2.51. The number of hydrogen-bond donors (Lipinski definition) is 1. The lowest BCUT2D eigenvalue weighted by Gasteiger charge is -2.31. The normalized spacial score (nSPS) is 17.0. The molecule has 1 saturated heterocycles. The van der Waals surface area contributed by atoms with Crippen molar-refractivity contribution in [2.24, 2.45) is 5.92 Å². The number of carbonyl (C=O) groups excluding carboxylic acids is 1. The molecule has 2 heterocycles. The van der Waals surface area contributed by atoms with Crippen molar-refractivity contribution in [3.63, 3.8) is 0 Å². The van der Waals surface area contributed by atoms with E-state index in [1.54, 1.807) is 0 Å². The number of halogens is 1. The first-order valence-corrected chi connectivity index (χ1v) is 11.9. The van der Waals surface area contributed by atoms with E-state index in [0.717, 1.165) is 40.7 Å². The van der Waals surface area contributed by atoms with Gasteiger partial charge in [-0.3, -0.25) is 9.69 Å². The van der Waals surface area contributed by atoms with Crippen LogP contribution in [0.15, 0.2) is 51.5 Å². The van der Waals surface area contributed by atoms with Crippen LogP contribution in [0.25, 0.3) is 11.4 Å². The number of nitrogens with one attached hydrogen (secondary N) is 1. The van der Waals surface area contributed by atoms with E-state index < -0.39 is 0 Å². The predicted molar refractivity (Wildman–Crippen MR) is 129 cm³/mol. The van der Waals surface area contributed by atoms with Gasteiger partial charge in [0.1, 0.15) is 0 Å². The SMILES string of the molecule is Cc1cccc(C(C)C)c1NC(=O)C1CCCN(Cc2nc(-c3cccc(Br)c3)no2)C1. The van der Waals surface area contributed by atoms with Crippen LogP contribution in [0.5, 0.6) is 0 Å². The smallest absolute Gasteiger partial charge is 0.241 e. The molecule has 1 atom stereocenters. The van der Waals surface area contributed by atoms with Crippen LogP contribution in [0.1, 0.15) is 49.6 Å². The van der Waals surface area contributed by atoms with Gasteiger partial charge in [0, 0.05) is 22.3 Å². The maximum absolute atomic E-state index is 13.1. The van der Waals surface area contributed by atoms with Crippen molar-refractivity contribution < 1.29 is 9.32 Å². The average Bonchev–Trinajstić information content (AvgIpc) is 3.23. The summed E-state index contributed by atoms with van der Waals surface area (Å²) < 4.78 is 6.46. The Morgan fingerprint density at radius 1 is 1.28 bits per heavy atom. The molecule has 1 N–H and O–H groups in total. The first kappa shape index (κ1) is 22.7. The number of nitrogens with zero attached hydrogens (tertiary/aromatic N) is 3. The molecular formula is C25H29BrN4O2. The lowest BCUT2D eigenvalue weighted by molar-refractivity contribution is -0.121. The summed E-state index contributed by atoms with van der Waals surface area (Å²) >= 11 is 3.47. The molecule has 1 aliphatic heterocycles. The highest BCUT2D eigenvalue weighted by Gasteiger charge is 2.28. The molecule has 0 saturated carbocycles. The molecule has 1 fully saturated rings. The topological polar surface area (TPSA) is 71.3 Å². The minimum atomic E-state index is -0.0594. The molecule has 0 radical (unpaired) electrons. The van der Waals surface area contributed by atoms with Crippen LogP contribution in [0.2, 0.25) is 0 Å². The Morgan fingerprint density at radius 2 is 2.09 bits per heavy atom. The van der Waals surface area contributed by atoms with Crippen molar-refractivity contribution in [2.75, 3.05) is 18.4 Å². The number of anilines is 1. The molecule has 168 valence electrons. The van der Waals surface area contributed by atoms with Gasteiger partial charge in [-0.15, -0.1) is 0 Å². The molecule has 2 aromatic carbocycles. The second-order valence-corrected chi connectivity index (χ2v) is 9.70. The molecule has 3 aromatic rings. The van der Waals surface area contributed by atoms with Crippen molar-refractivity contribution in [1.82, 2.24) is 15.0 Å². The molecule has 1 unspecified atom stereocenters. The van der Waals surface area contributed by atoms with Crippen LogP contribution >= 0.6 is 15.9 Å². The van der Waals surface area contributed by atoms with Crippen molar-refractivity contribution >= 4 is 27.5 Å². The van der Waals surface area contributed by atoms with Crippen LogP contribution in [-0.4, -0.2) is 34.0 Å². The number of aryl methyl sites for hydroxylation is 1. The van der Waals surface area contributed by atoms with Crippen LogP contribution < -0.4 is 5.32 Å². The van der Waals surface area contributed by atoms with Gasteiger partial charge >= 0.3 is 0 Å². The molecule has 1 amide bonds. The number of piperidine rings is 1. The Kier molecular flexibility index (Phi) is 7.06. The number of likely N-dealkylation sites (tertiary alicyclic amines) is 1. The summed E-state index contributed by atoms with van der Waals surface area (Å²) in [6.45, 7) is 8.50. The lowest BCUT2D eigenvalue weighted by atomic mass is 9.95. The summed E-state index contributed by atoms with van der Waals surface area (Å²) in [5.41, 5.74) is 4.14. The summed E-state index contributed by atoms with van der Waals surface area (Å²) in [6, 6.07) is 14.0. The van der Waals surface area contributed by atoms with E-state index in [1.807, 2.05) is 37.3 Å². The highest BCUT2D eigenvalue weighted by atomic mass is 79.9. The van der Waals surface area contributed by atoms with Crippen molar-refractivity contribution in [2.45, 2.75) is 46.1 Å². The van der Waals surface area contributed by atoms with E-state index in [0.29, 0.717) is 30.7 Å². The molecule has 0 bridgehead atoms. The molecule has 0 spiro atoms. The Morgan fingerprint density at radius 3 is 2.88 bits per heavy atom. The van der Waals surface area contributed by atoms with Gasteiger partial charge in [0.25, 0.3) is 0 Å². The van der Waals surface area contributed by atoms with E-state index >= 15 is 0 Å². The number of amides is 1. The van der Waals surface area contributed by atoms with Gasteiger partial charge in [-0.25, -0.2) is 0 Å². The molecule has 4 rings (SSSR count). The second-order valence-electron chi connectivity index (χ2n) is 8.78. The van der Waals surface area contributed by atoms with Gasteiger partial charge < -0.3 is 9.84 Å². The summed E-state index contributed by atoms with van der Waals surface area (Å²) in [5, 5.41) is 7.35. The molecule has 1 aromatic heterocycles. The minimum absolute atomic E-state index is 0.0594. The third-order valence-electron chi connectivity index (χ3n) is 5.96. The number of hydrogen-bond acceptors (Lipinski definition) is 5. The molecule has 6 nitrogen and oxygen atoms in total. The Balaban J connectivity index is 1.41. The molecule has 32 heavy (non-hydrogen) atoms. The van der Waals surface area contributed by atoms with Gasteiger partial charge in [-0.2, -0.15) is 4.98 Å². The number of para-hydroxylation sites is 1. The molecular weight excluding hydrogens is 468 g/mol. The number of aromatic nitrogens is 2. The van der Waals surface area contributed by atoms with Gasteiger partial charge in [-0.1, -0.05) is 65.3 Å². The first-order valence-electron chi connectivity index (χ1n) is 11.1. The standard InChI is InChI=1S/C25H29BrN4O2/c1-16(2)21-11-4-7-17(3)23(21)28-25(31)19-9-6-12-30(14-19)15-22-27-24(29-32-22)18-8-5-10-20(26)13-18/h4-5,7-8,10-11,13,16,19H,6,9,12,14-15H2,1-3H3,(H,28,31). The number of carbonyl (C=O) groups is 1. The lowest BCUT2D eigenvalue weighted by Crippen LogP contribution is -2.40. The van der Waals surface area contributed by atoms with Gasteiger partial charge in [0.05, 0.1) is 12.5 Å². The van der Waals surface area contributed by atoms with Crippen LogP contribution in [0, 0.1) is 12.8 Å². The van der Waals surface area contributed by atoms with Crippen LogP contribution in [-0.2, 0) is 11.3 Å². The van der Waals surface area contributed by atoms with Gasteiger partial charge in [0.2, 0.25) is 17.6 Å². The summed E-state index contributed by atoms with van der Waals surface area (Å²) in [4.78, 5) is 19.9. The summed E-state index contributed by atoms with van der Waals surface area (Å²) in [7, 11) is 0. The van der Waals surface area contributed by atoms with Crippen LogP contribution in [0.3, 0.4) is 0 Å². The van der Waals surface area contributed by atoms with E-state index in [1.165, 1.54) is 5.56 Å². The zero-order valence-corrected chi connectivity index (χ0v) is 20.4. The van der Waals surface area contributed by atoms with E-state index in [-0.39, 0.29) is 11.8 Å². The second kappa shape index (κ2) is 9.96. The van der Waals surface area contributed by atoms with Crippen LogP contribution in [0.4, 0.5) is 5.69 Å². The zero-order chi connectivity index (χ0) is 22.7. The minimum Gasteiger partial charge on any atom is -0.338 e. The van der Waals surface area contributed by atoms with Gasteiger partial charge in [0.15, 0.2) is 0 Å². The average molecular weight is 497 g/mol. The maximum Gasteiger partial charge on any atom is 0.241 e. The highest BCUT2D eigenvalue weighted by Crippen LogP contribution is 2.29. The molecule has 0 aliphatic carbocycles. The monoisotopic (exact) mass is 496 g/mol. The molecule has 1 aliphatic rings. The third kappa shape index (κ3) is 5.27. The maximum atomic E-state index is 13.1. The Bertz CT molecular complexity index is 1100. The summed E-state index contributed by atoms with van der Waals surface area (Å²) in [5.74, 6) is 1.53. The van der Waals surface area contributed by atoms with E-state index in [4.69, 9.17) is 4.52 Å². The number of benzene rings is 2. The fourth-order valence-electron chi connectivity index (χ4n) is 4.24. The van der Waals surface area contributed by atoms with E-state index in [2.05, 4.69) is 62.3 Å². The quantitative estimate of drug-likeness (QED) is 0.468. The number of rotatable bonds is 6.